The molecule has 39 heteroatoms. The second-order valence-corrected chi connectivity index (χ2v) is 33.9. The molecule has 0 amide bonds. The molecule has 3 fully saturated rings. The molecule has 104 heavy (non-hydrogen) atoms. The van der Waals surface area contributed by atoms with Crippen LogP contribution in [0.1, 0.15) is 122 Å². The van der Waals surface area contributed by atoms with Crippen LogP contribution in [0.25, 0.3) is 0 Å². The first-order chi connectivity index (χ1) is 49.0. The van der Waals surface area contributed by atoms with Gasteiger partial charge in [-0.05, 0) is 126 Å². The topological polar surface area (TPSA) is 515 Å². The summed E-state index contributed by atoms with van der Waals surface area (Å²) in [6.45, 7) is 6.59. The van der Waals surface area contributed by atoms with Crippen molar-refractivity contribution in [2.75, 3.05) is 30.5 Å². The van der Waals surface area contributed by atoms with Crippen molar-refractivity contribution in [1.82, 2.24) is 29.9 Å². The third-order valence-electron chi connectivity index (χ3n) is 16.7. The van der Waals surface area contributed by atoms with Crippen molar-refractivity contribution in [3.63, 3.8) is 0 Å². The minimum Gasteiger partial charge on any atom is -0.487 e. The molecule has 6 heterocycles. The fourth-order valence-electron chi connectivity index (χ4n) is 11.7. The first kappa shape index (κ1) is 80.4. The minimum atomic E-state index is -4.18. The lowest BCUT2D eigenvalue weighted by atomic mass is 9.96. The van der Waals surface area contributed by atoms with Crippen LogP contribution < -0.4 is 35.5 Å². The fourth-order valence-corrected chi connectivity index (χ4v) is 17.1. The Morgan fingerprint density at radius 3 is 1.72 bits per heavy atom. The number of hydrogen-bond acceptors (Lipinski definition) is 32. The molecular formula is C65H77N11O21S7. The molecule has 3 saturated carbocycles. The second-order valence-electron chi connectivity index (χ2n) is 25.4. The number of aromatic nitrogens is 6. The number of sulfone groups is 1. The molecule has 3 aliphatic carbocycles. The van der Waals surface area contributed by atoms with Gasteiger partial charge in [-0.15, -0.1) is 34.0 Å². The molecule has 13 N–H and O–H groups in total. The van der Waals surface area contributed by atoms with Gasteiger partial charge in [0.05, 0.1) is 103 Å². The Hall–Kier alpha value is -7.65. The summed E-state index contributed by atoms with van der Waals surface area (Å²) in [7, 11) is -16.2. The third kappa shape index (κ3) is 22.2. The minimum absolute atomic E-state index is 0.000881. The lowest BCUT2D eigenvalue weighted by Gasteiger charge is -2.19. The number of carbonyl (C=O) groups excluding carboxylic acids is 3. The van der Waals surface area contributed by atoms with Crippen molar-refractivity contribution in [3.05, 3.63) is 175 Å². The maximum absolute atomic E-state index is 13.4. The van der Waals surface area contributed by atoms with Gasteiger partial charge in [0, 0.05) is 58.2 Å². The molecule has 2 aromatic carbocycles. The Morgan fingerprint density at radius 2 is 1.12 bits per heavy atom. The van der Waals surface area contributed by atoms with E-state index in [0.717, 1.165) is 28.2 Å². The standard InChI is InChI=1S/C26H31N3O7S2.C21H22N4O7S3.C18H24N4O7S2/c1-16(2)36-24-6-4-3-5-23(24)34-12-18-10-25(37-14-18)26(31)20-11-28-15-29-21(20)8-17-7-19(22(30)9-17)13-35-38(27,32)33;22-35(30,31)32-10-13-6-14(7-18(13)26)25-21-17(9-23-12-24-21)20(27)19-8-16(11-33-19)34(28,29)15-4-2-1-3-5-15;1-18(2,26)13-4-3-12(30-13)15(24)10-6-20-8-21-17(10)22-11-5-9(14(23)16(11)25)7-29-31(19,27)28/h3-6,10-11,14-17,19,22,30H,7-9,12-13H2,1-2H3,(H2,27,32,33);1-5,8-9,11-14,18,26H,6-7,10H2,(H2,22,30,31)(H,23,24,25);3-4,6,8-9,11,14,16,23,25-26H,5,7H2,1-2H3,(H2,19,27,28)(H,20,21,22)/t17-,19+,22-;13-,14-,18+;9-,11-,14-,16+/m011/s1. The number of ether oxygens (including phenoxy) is 2. The van der Waals surface area contributed by atoms with Gasteiger partial charge in [-0.25, -0.2) is 53.7 Å². The van der Waals surface area contributed by atoms with Crippen LogP contribution in [-0.2, 0) is 71.9 Å². The zero-order valence-corrected chi connectivity index (χ0v) is 61.8. The first-order valence-corrected chi connectivity index (χ1v) is 40.4. The molecular weight excluding hydrogens is 1500 g/mol. The van der Waals surface area contributed by atoms with Crippen LogP contribution in [0.2, 0.25) is 0 Å². The average Bonchev–Trinajstić information content (AvgIpc) is 1.61. The van der Waals surface area contributed by atoms with E-state index in [4.69, 9.17) is 24.9 Å². The number of hydrogen-bond donors (Lipinski definition) is 10. The number of anilines is 2. The Morgan fingerprint density at radius 1 is 0.587 bits per heavy atom. The number of rotatable bonds is 29. The Kier molecular flexibility index (Phi) is 26.9. The van der Waals surface area contributed by atoms with Gasteiger partial charge in [0.1, 0.15) is 43.3 Å². The number of ketones is 3. The van der Waals surface area contributed by atoms with Gasteiger partial charge in [-0.3, -0.25) is 26.9 Å². The number of thiophene rings is 3. The van der Waals surface area contributed by atoms with Gasteiger partial charge in [0.25, 0.3) is 0 Å². The van der Waals surface area contributed by atoms with Gasteiger partial charge in [0.2, 0.25) is 27.2 Å². The Labute approximate surface area is 611 Å². The van der Waals surface area contributed by atoms with Gasteiger partial charge < -0.3 is 45.6 Å². The number of aliphatic hydroxyl groups is 5. The Balaban J connectivity index is 0.000000182. The summed E-state index contributed by atoms with van der Waals surface area (Å²) < 4.78 is 118. The molecule has 11 rings (SSSR count). The molecule has 6 aromatic heterocycles. The van der Waals surface area contributed by atoms with E-state index in [2.05, 4.69) is 53.1 Å². The van der Waals surface area contributed by atoms with E-state index < -0.39 is 94.4 Å². The molecule has 560 valence electrons. The number of nitrogens with two attached hydrogens (primary N) is 3. The van der Waals surface area contributed by atoms with Crippen LogP contribution in [0.4, 0.5) is 11.6 Å². The van der Waals surface area contributed by atoms with E-state index in [1.54, 1.807) is 50.2 Å². The number of nitrogens with one attached hydrogen (secondary N) is 2. The summed E-state index contributed by atoms with van der Waals surface area (Å²) in [6.07, 6.45) is 6.18. The molecule has 8 aromatic rings. The average molecular weight is 1570 g/mol. The normalized spacial score (nSPS) is 21.3. The van der Waals surface area contributed by atoms with Crippen LogP contribution in [0, 0.1) is 23.7 Å². The lowest BCUT2D eigenvalue weighted by Crippen LogP contribution is -2.36. The molecule has 0 spiro atoms. The van der Waals surface area contributed by atoms with Gasteiger partial charge in [-0.1, -0.05) is 30.3 Å². The highest BCUT2D eigenvalue weighted by atomic mass is 32.2. The number of benzene rings is 2. The van der Waals surface area contributed by atoms with Crippen LogP contribution >= 0.6 is 34.0 Å². The van der Waals surface area contributed by atoms with Crippen LogP contribution in [0.3, 0.4) is 0 Å². The van der Waals surface area contributed by atoms with E-state index in [1.807, 2.05) is 43.5 Å². The molecule has 0 unspecified atom stereocenters. The first-order valence-electron chi connectivity index (χ1n) is 32.0. The number of aliphatic hydroxyl groups excluding tert-OH is 4. The summed E-state index contributed by atoms with van der Waals surface area (Å²) in [5, 5.41) is 75.2. The summed E-state index contributed by atoms with van der Waals surface area (Å²) in [4.78, 5) is 65.9. The second kappa shape index (κ2) is 34.7. The van der Waals surface area contributed by atoms with E-state index in [0.29, 0.717) is 63.1 Å². The number of carbonyl (C=O) groups is 3. The van der Waals surface area contributed by atoms with E-state index in [-0.39, 0.29) is 112 Å². The maximum atomic E-state index is 13.4. The molecule has 0 saturated heterocycles. The van der Waals surface area contributed by atoms with E-state index in [9.17, 15) is 73.6 Å². The lowest BCUT2D eigenvalue weighted by molar-refractivity contribution is 0.00778. The molecule has 3 aliphatic rings. The highest BCUT2D eigenvalue weighted by molar-refractivity contribution is 7.91. The molecule has 0 bridgehead atoms. The van der Waals surface area contributed by atoms with Crippen molar-refractivity contribution < 1.29 is 95.6 Å². The zero-order valence-electron chi connectivity index (χ0n) is 56.1. The van der Waals surface area contributed by atoms with Gasteiger partial charge >= 0.3 is 30.9 Å². The maximum Gasteiger partial charge on any atom is 0.333 e. The van der Waals surface area contributed by atoms with E-state index in [1.165, 1.54) is 72.5 Å². The van der Waals surface area contributed by atoms with Crippen LogP contribution in [-0.4, -0.2) is 169 Å². The summed E-state index contributed by atoms with van der Waals surface area (Å²) in [5.74, 6) is -0.886. The highest BCUT2D eigenvalue weighted by Gasteiger charge is 2.43. The molecule has 10 atom stereocenters. The van der Waals surface area contributed by atoms with E-state index >= 15 is 0 Å². The van der Waals surface area contributed by atoms with Crippen molar-refractivity contribution in [2.45, 2.75) is 131 Å². The van der Waals surface area contributed by atoms with Crippen molar-refractivity contribution >= 4 is 104 Å². The highest BCUT2D eigenvalue weighted by Crippen LogP contribution is 2.38. The quantitative estimate of drug-likeness (QED) is 0.0290. The molecule has 0 radical (unpaired) electrons. The van der Waals surface area contributed by atoms with Crippen molar-refractivity contribution in [1.29, 1.82) is 0 Å². The predicted octanol–water partition coefficient (Wildman–Crippen LogP) is 4.40. The van der Waals surface area contributed by atoms with Gasteiger partial charge in [0.15, 0.2) is 11.5 Å². The largest absolute Gasteiger partial charge is 0.487 e. The summed E-state index contributed by atoms with van der Waals surface area (Å²) >= 11 is 3.47. The molecule has 0 aliphatic heterocycles. The van der Waals surface area contributed by atoms with Crippen molar-refractivity contribution in [2.24, 2.45) is 39.1 Å². The fraction of sp³-hybridized carbons (Fsp3) is 0.400. The van der Waals surface area contributed by atoms with Crippen LogP contribution in [0.5, 0.6) is 11.5 Å². The number of nitrogens with zero attached hydrogens (tertiary/aromatic N) is 6. The zero-order chi connectivity index (χ0) is 75.5. The monoisotopic (exact) mass is 1570 g/mol. The molecule has 32 nitrogen and oxygen atoms in total. The van der Waals surface area contributed by atoms with Gasteiger partial charge in [-0.2, -0.15) is 25.3 Å². The summed E-state index contributed by atoms with van der Waals surface area (Å²) in [5.41, 5.74) is 1.04. The third-order valence-corrected chi connectivity index (χ3v) is 23.3. The number of para-hydroxylation sites is 2. The predicted molar refractivity (Wildman–Crippen MR) is 380 cm³/mol. The van der Waals surface area contributed by atoms with Crippen LogP contribution in [0.15, 0.2) is 137 Å². The Bertz CT molecular complexity index is 4770. The summed E-state index contributed by atoms with van der Waals surface area (Å²) in [6, 6.07) is 20.7. The smallest absolute Gasteiger partial charge is 0.333 e. The SMILES string of the molecule is CC(C)(O)c1ccc(C(=O)c2cncnc2N[C@@H]2C[C@H](COS(N)(=O)=O)[C@@H](O)[C@H]2O)s1.CC(C)Oc1ccccc1OCc1csc(C(=O)c2cncnc2C[C@@H]2C[C@H](COS(N)(=O)=O)[C@@H](O)C2)c1.NS(=O)(=O)OC[C@H]1C[C@@H](Nc2ncncc2C(=O)c2cc(S(=O)(=O)c3ccccc3)cs2)C[C@@H]1O. The van der Waals surface area contributed by atoms with Crippen molar-refractivity contribution in [3.8, 4) is 11.5 Å².